The lowest BCUT2D eigenvalue weighted by Crippen LogP contribution is -2.33. The van der Waals surface area contributed by atoms with Gasteiger partial charge in [-0.2, -0.15) is 13.1 Å². The Morgan fingerprint density at radius 2 is 2.11 bits per heavy atom. The minimum absolute atomic E-state index is 0.00267. The average molecular weight is 314 g/mol. The predicted molar refractivity (Wildman–Crippen MR) is 71.4 cm³/mol. The standard InChI is InChI=1S/C9H13Cl2N3O3S/c1-6-5-7(10)13-9(11)8(6)14-18(15,16)12-3-4-17-2/h5,12,14H,3-4H2,1-2H3. The van der Waals surface area contributed by atoms with Gasteiger partial charge in [0.05, 0.1) is 12.3 Å². The van der Waals surface area contributed by atoms with Gasteiger partial charge in [-0.1, -0.05) is 23.2 Å². The molecular formula is C9H13Cl2N3O3S. The highest BCUT2D eigenvalue weighted by Gasteiger charge is 2.15. The summed E-state index contributed by atoms with van der Waals surface area (Å²) in [5.41, 5.74) is 0.781. The summed E-state index contributed by atoms with van der Waals surface area (Å²) in [6, 6.07) is 1.51. The highest BCUT2D eigenvalue weighted by molar-refractivity contribution is 7.90. The highest BCUT2D eigenvalue weighted by Crippen LogP contribution is 2.26. The second-order valence-corrected chi connectivity index (χ2v) is 5.67. The fraction of sp³-hybridized carbons (Fsp3) is 0.444. The Kier molecular flexibility index (Phi) is 5.61. The zero-order valence-electron chi connectivity index (χ0n) is 9.83. The van der Waals surface area contributed by atoms with Crippen molar-refractivity contribution in [1.29, 1.82) is 0 Å². The van der Waals surface area contributed by atoms with Crippen LogP contribution in [0.1, 0.15) is 5.56 Å². The number of aryl methyl sites for hydroxylation is 1. The average Bonchev–Trinajstić information content (AvgIpc) is 2.23. The van der Waals surface area contributed by atoms with Crippen LogP contribution in [0.4, 0.5) is 5.69 Å². The third kappa shape index (κ3) is 4.58. The summed E-state index contributed by atoms with van der Waals surface area (Å²) >= 11 is 11.5. The Hall–Kier alpha value is -0.600. The van der Waals surface area contributed by atoms with E-state index in [0.717, 1.165) is 0 Å². The summed E-state index contributed by atoms with van der Waals surface area (Å²) in [5, 5.41) is 0.199. The molecule has 2 N–H and O–H groups in total. The monoisotopic (exact) mass is 313 g/mol. The fourth-order valence-corrected chi connectivity index (χ4v) is 2.75. The highest BCUT2D eigenvalue weighted by atomic mass is 35.5. The van der Waals surface area contributed by atoms with Crippen molar-refractivity contribution >= 4 is 39.1 Å². The van der Waals surface area contributed by atoms with Crippen LogP contribution in [0, 0.1) is 6.92 Å². The molecule has 0 unspecified atom stereocenters. The van der Waals surface area contributed by atoms with E-state index in [1.165, 1.54) is 13.2 Å². The third-order valence-corrected chi connectivity index (χ3v) is 3.50. The molecule has 0 aliphatic rings. The van der Waals surface area contributed by atoms with Crippen LogP contribution >= 0.6 is 23.2 Å². The van der Waals surface area contributed by atoms with E-state index in [2.05, 4.69) is 14.4 Å². The summed E-state index contributed by atoms with van der Waals surface area (Å²) in [5.74, 6) is 0. The lowest BCUT2D eigenvalue weighted by molar-refractivity contribution is 0.204. The Bertz CT molecular complexity index is 499. The van der Waals surface area contributed by atoms with Gasteiger partial charge in [-0.05, 0) is 18.6 Å². The number of halogens is 2. The molecule has 6 nitrogen and oxygen atoms in total. The first-order chi connectivity index (χ1) is 8.35. The van der Waals surface area contributed by atoms with Crippen molar-refractivity contribution in [2.75, 3.05) is 25.0 Å². The number of pyridine rings is 1. The molecule has 0 aliphatic heterocycles. The first-order valence-corrected chi connectivity index (χ1v) is 7.18. The van der Waals surface area contributed by atoms with Gasteiger partial charge in [0.1, 0.15) is 5.15 Å². The molecule has 0 fully saturated rings. The molecule has 1 aromatic heterocycles. The summed E-state index contributed by atoms with van der Waals surface area (Å²) in [6.45, 7) is 2.10. The van der Waals surface area contributed by atoms with Crippen LogP contribution in [-0.2, 0) is 14.9 Å². The predicted octanol–water partition coefficient (Wildman–Crippen LogP) is 1.59. The van der Waals surface area contributed by atoms with Crippen molar-refractivity contribution in [3.05, 3.63) is 21.9 Å². The largest absolute Gasteiger partial charge is 0.383 e. The molecule has 0 spiro atoms. The molecule has 0 bridgehead atoms. The molecule has 1 aromatic rings. The lowest BCUT2D eigenvalue weighted by Gasteiger charge is -2.12. The van der Waals surface area contributed by atoms with E-state index in [4.69, 9.17) is 27.9 Å². The Labute approximate surface area is 116 Å². The SMILES string of the molecule is COCCNS(=O)(=O)Nc1c(C)cc(Cl)nc1Cl. The van der Waals surface area contributed by atoms with Crippen LogP contribution in [0.3, 0.4) is 0 Å². The number of aromatic nitrogens is 1. The molecule has 0 radical (unpaired) electrons. The van der Waals surface area contributed by atoms with Crippen molar-refractivity contribution < 1.29 is 13.2 Å². The third-order valence-electron chi connectivity index (χ3n) is 1.98. The molecule has 0 atom stereocenters. The van der Waals surface area contributed by atoms with Crippen molar-refractivity contribution in [3.63, 3.8) is 0 Å². The Balaban J connectivity index is 2.84. The fourth-order valence-electron chi connectivity index (χ4n) is 1.17. The van der Waals surface area contributed by atoms with E-state index >= 15 is 0 Å². The number of ether oxygens (including phenoxy) is 1. The normalized spacial score (nSPS) is 11.6. The van der Waals surface area contributed by atoms with Crippen LogP contribution in [0.15, 0.2) is 6.07 Å². The minimum atomic E-state index is -3.71. The zero-order chi connectivity index (χ0) is 13.8. The lowest BCUT2D eigenvalue weighted by atomic mass is 10.3. The maximum absolute atomic E-state index is 11.7. The van der Waals surface area contributed by atoms with Gasteiger partial charge < -0.3 is 4.74 Å². The van der Waals surface area contributed by atoms with Crippen molar-refractivity contribution in [1.82, 2.24) is 9.71 Å². The topological polar surface area (TPSA) is 80.3 Å². The summed E-state index contributed by atoms with van der Waals surface area (Å²) in [4.78, 5) is 3.77. The quantitative estimate of drug-likeness (QED) is 0.617. The van der Waals surface area contributed by atoms with E-state index in [1.807, 2.05) is 0 Å². The van der Waals surface area contributed by atoms with Crippen LogP contribution in [0.5, 0.6) is 0 Å². The number of anilines is 1. The zero-order valence-corrected chi connectivity index (χ0v) is 12.2. The number of methoxy groups -OCH3 is 1. The number of hydrogen-bond donors (Lipinski definition) is 2. The van der Waals surface area contributed by atoms with Gasteiger partial charge in [0.2, 0.25) is 0 Å². The molecule has 1 heterocycles. The van der Waals surface area contributed by atoms with E-state index in [9.17, 15) is 8.42 Å². The van der Waals surface area contributed by atoms with Crippen LogP contribution in [0.25, 0.3) is 0 Å². The maximum Gasteiger partial charge on any atom is 0.299 e. The molecule has 0 amide bonds. The van der Waals surface area contributed by atoms with Gasteiger partial charge in [0.15, 0.2) is 5.15 Å². The smallest absolute Gasteiger partial charge is 0.299 e. The summed E-state index contributed by atoms with van der Waals surface area (Å²) in [7, 11) is -2.23. The van der Waals surface area contributed by atoms with E-state index in [0.29, 0.717) is 5.56 Å². The van der Waals surface area contributed by atoms with Crippen LogP contribution < -0.4 is 9.44 Å². The minimum Gasteiger partial charge on any atom is -0.383 e. The number of rotatable bonds is 6. The molecule has 1 rings (SSSR count). The van der Waals surface area contributed by atoms with Gasteiger partial charge in [-0.3, -0.25) is 4.72 Å². The number of nitrogens with one attached hydrogen (secondary N) is 2. The van der Waals surface area contributed by atoms with Gasteiger partial charge >= 0.3 is 0 Å². The molecule has 9 heteroatoms. The number of nitrogens with zero attached hydrogens (tertiary/aromatic N) is 1. The molecule has 0 aromatic carbocycles. The van der Waals surface area contributed by atoms with Gasteiger partial charge in [0.25, 0.3) is 10.2 Å². The molecule has 0 saturated heterocycles. The molecule has 0 saturated carbocycles. The van der Waals surface area contributed by atoms with Gasteiger partial charge in [-0.25, -0.2) is 4.98 Å². The van der Waals surface area contributed by atoms with Gasteiger partial charge in [0, 0.05) is 13.7 Å². The second kappa shape index (κ2) is 6.53. The van der Waals surface area contributed by atoms with Crippen molar-refractivity contribution in [2.24, 2.45) is 0 Å². The van der Waals surface area contributed by atoms with Crippen LogP contribution in [-0.4, -0.2) is 33.7 Å². The van der Waals surface area contributed by atoms with E-state index < -0.39 is 10.2 Å². The molecular weight excluding hydrogens is 301 g/mol. The van der Waals surface area contributed by atoms with Gasteiger partial charge in [-0.15, -0.1) is 0 Å². The summed E-state index contributed by atoms with van der Waals surface area (Å²) in [6.07, 6.45) is 0. The number of hydrogen-bond acceptors (Lipinski definition) is 4. The van der Waals surface area contributed by atoms with Crippen LogP contribution in [0.2, 0.25) is 10.3 Å². The molecule has 18 heavy (non-hydrogen) atoms. The molecule has 0 aliphatic carbocycles. The molecule has 102 valence electrons. The Morgan fingerprint density at radius 3 is 2.67 bits per heavy atom. The first-order valence-electron chi connectivity index (χ1n) is 4.94. The van der Waals surface area contributed by atoms with Crippen molar-refractivity contribution in [3.8, 4) is 0 Å². The van der Waals surface area contributed by atoms with E-state index in [1.54, 1.807) is 6.92 Å². The second-order valence-electron chi connectivity index (χ2n) is 3.42. The summed E-state index contributed by atoms with van der Waals surface area (Å²) < 4.78 is 32.7. The van der Waals surface area contributed by atoms with E-state index in [-0.39, 0.29) is 29.1 Å². The van der Waals surface area contributed by atoms with Crippen molar-refractivity contribution in [2.45, 2.75) is 6.92 Å². The maximum atomic E-state index is 11.7. The first kappa shape index (κ1) is 15.5. The Morgan fingerprint density at radius 1 is 1.44 bits per heavy atom.